The molecule has 1 aliphatic heterocycles. The van der Waals surface area contributed by atoms with Crippen LogP contribution in [0.5, 0.6) is 0 Å². The van der Waals surface area contributed by atoms with Crippen LogP contribution in [-0.4, -0.2) is 12.6 Å². The molecule has 0 radical (unpaired) electrons. The van der Waals surface area contributed by atoms with Crippen molar-refractivity contribution in [2.24, 2.45) is 0 Å². The van der Waals surface area contributed by atoms with Crippen LogP contribution in [0.1, 0.15) is 26.7 Å². The molecule has 1 N–H and O–H groups in total. The molecule has 1 heteroatoms. The Hall–Kier alpha value is -0.820. The van der Waals surface area contributed by atoms with Gasteiger partial charge in [-0.2, -0.15) is 0 Å². The molecule has 0 aromatic heterocycles. The van der Waals surface area contributed by atoms with Gasteiger partial charge in [0.15, 0.2) is 0 Å². The molecular formula is C12H19N. The van der Waals surface area contributed by atoms with Gasteiger partial charge in [-0.05, 0) is 38.8 Å². The van der Waals surface area contributed by atoms with Gasteiger partial charge in [-0.3, -0.25) is 0 Å². The fraction of sp³-hybridized carbons (Fsp3) is 0.500. The number of rotatable bonds is 3. The maximum Gasteiger partial charge on any atom is 0.0323 e. The number of nitrogens with one attached hydrogen (secondary N) is 1. The van der Waals surface area contributed by atoms with E-state index in [4.69, 9.17) is 0 Å². The van der Waals surface area contributed by atoms with Crippen LogP contribution in [0.2, 0.25) is 0 Å². The van der Waals surface area contributed by atoms with E-state index in [1.54, 1.807) is 0 Å². The first-order chi connectivity index (χ1) is 6.29. The van der Waals surface area contributed by atoms with Crippen LogP contribution >= 0.6 is 0 Å². The number of hydrogen-bond donors (Lipinski definition) is 1. The Bertz CT molecular complexity index is 230. The van der Waals surface area contributed by atoms with Crippen LogP contribution in [0.25, 0.3) is 0 Å². The minimum Gasteiger partial charge on any atom is -0.310 e. The smallest absolute Gasteiger partial charge is 0.0323 e. The minimum atomic E-state index is 0.550. The topological polar surface area (TPSA) is 12.0 Å². The zero-order chi connectivity index (χ0) is 9.68. The largest absolute Gasteiger partial charge is 0.310 e. The van der Waals surface area contributed by atoms with E-state index >= 15 is 0 Å². The maximum absolute atomic E-state index is 3.76. The van der Waals surface area contributed by atoms with Crippen molar-refractivity contribution in [3.05, 3.63) is 36.0 Å². The molecule has 1 heterocycles. The average Bonchev–Trinajstić information content (AvgIpc) is 2.65. The summed E-state index contributed by atoms with van der Waals surface area (Å²) in [7, 11) is 0. The Labute approximate surface area is 81.2 Å². The molecule has 1 atom stereocenters. The summed E-state index contributed by atoms with van der Waals surface area (Å²) in [4.78, 5) is 0. The van der Waals surface area contributed by atoms with Gasteiger partial charge in [0, 0.05) is 6.04 Å². The standard InChI is InChI=1S/C12H19N/c1-4-7-11(10(3)5-2)12-8-6-9-13-12/h4-5,7,12-13H,1,6,8-9H2,2-3H3/b10-5-,11-7+. The number of hydrogen-bond acceptors (Lipinski definition) is 1. The van der Waals surface area contributed by atoms with E-state index in [-0.39, 0.29) is 0 Å². The van der Waals surface area contributed by atoms with Crippen molar-refractivity contribution in [2.45, 2.75) is 32.7 Å². The molecule has 0 saturated carbocycles. The Morgan fingerprint density at radius 2 is 2.31 bits per heavy atom. The van der Waals surface area contributed by atoms with E-state index in [2.05, 4.69) is 37.9 Å². The monoisotopic (exact) mass is 177 g/mol. The zero-order valence-corrected chi connectivity index (χ0v) is 8.64. The molecular weight excluding hydrogens is 158 g/mol. The third-order valence-electron chi connectivity index (χ3n) is 2.62. The summed E-state index contributed by atoms with van der Waals surface area (Å²) in [6, 6.07) is 0.550. The molecule has 0 bridgehead atoms. The first-order valence-electron chi connectivity index (χ1n) is 4.99. The van der Waals surface area contributed by atoms with E-state index < -0.39 is 0 Å². The van der Waals surface area contributed by atoms with E-state index in [9.17, 15) is 0 Å². The quantitative estimate of drug-likeness (QED) is 0.654. The Balaban J connectivity index is 2.78. The van der Waals surface area contributed by atoms with Crippen LogP contribution in [0, 0.1) is 0 Å². The second-order valence-electron chi connectivity index (χ2n) is 3.48. The van der Waals surface area contributed by atoms with Gasteiger partial charge in [0.1, 0.15) is 0 Å². The second-order valence-corrected chi connectivity index (χ2v) is 3.48. The summed E-state index contributed by atoms with van der Waals surface area (Å²) in [6.45, 7) is 9.15. The lowest BCUT2D eigenvalue weighted by molar-refractivity contribution is 0.695. The highest BCUT2D eigenvalue weighted by Crippen LogP contribution is 2.20. The normalized spacial score (nSPS) is 24.9. The maximum atomic E-state index is 3.76. The SMILES string of the molecule is C=C/C=C(\C(C)=C/C)C1CCCN1. The van der Waals surface area contributed by atoms with E-state index in [1.807, 2.05) is 6.08 Å². The van der Waals surface area contributed by atoms with Crippen molar-refractivity contribution < 1.29 is 0 Å². The van der Waals surface area contributed by atoms with Gasteiger partial charge in [-0.25, -0.2) is 0 Å². The van der Waals surface area contributed by atoms with Crippen molar-refractivity contribution in [3.8, 4) is 0 Å². The van der Waals surface area contributed by atoms with Gasteiger partial charge < -0.3 is 5.32 Å². The fourth-order valence-electron chi connectivity index (χ4n) is 1.77. The Kier molecular flexibility index (Phi) is 3.97. The molecule has 1 saturated heterocycles. The molecule has 0 aromatic rings. The molecule has 0 aliphatic carbocycles. The predicted molar refractivity (Wildman–Crippen MR) is 58.7 cm³/mol. The summed E-state index contributed by atoms with van der Waals surface area (Å²) in [5.41, 5.74) is 2.76. The summed E-state index contributed by atoms with van der Waals surface area (Å²) in [5.74, 6) is 0. The summed E-state index contributed by atoms with van der Waals surface area (Å²) in [5, 5.41) is 3.50. The lowest BCUT2D eigenvalue weighted by Crippen LogP contribution is -2.24. The van der Waals surface area contributed by atoms with Crippen molar-refractivity contribution >= 4 is 0 Å². The van der Waals surface area contributed by atoms with Crippen LogP contribution in [0.3, 0.4) is 0 Å². The molecule has 0 spiro atoms. The minimum absolute atomic E-state index is 0.550. The van der Waals surface area contributed by atoms with Crippen LogP contribution < -0.4 is 5.32 Å². The van der Waals surface area contributed by atoms with Crippen LogP contribution in [-0.2, 0) is 0 Å². The third-order valence-corrected chi connectivity index (χ3v) is 2.62. The average molecular weight is 177 g/mol. The highest BCUT2D eigenvalue weighted by Gasteiger charge is 2.18. The van der Waals surface area contributed by atoms with Crippen LogP contribution in [0.4, 0.5) is 0 Å². The van der Waals surface area contributed by atoms with Gasteiger partial charge in [0.05, 0.1) is 0 Å². The molecule has 1 rings (SSSR count). The van der Waals surface area contributed by atoms with E-state index in [0.717, 1.165) is 6.54 Å². The Morgan fingerprint density at radius 1 is 1.54 bits per heavy atom. The van der Waals surface area contributed by atoms with E-state index in [0.29, 0.717) is 6.04 Å². The lowest BCUT2D eigenvalue weighted by atomic mass is 9.98. The number of allylic oxidation sites excluding steroid dienone is 3. The second kappa shape index (κ2) is 5.03. The Morgan fingerprint density at radius 3 is 2.77 bits per heavy atom. The summed E-state index contributed by atoms with van der Waals surface area (Å²) >= 11 is 0. The molecule has 1 aliphatic rings. The third kappa shape index (κ3) is 2.56. The highest BCUT2D eigenvalue weighted by atomic mass is 14.9. The van der Waals surface area contributed by atoms with E-state index in [1.165, 1.54) is 24.0 Å². The van der Waals surface area contributed by atoms with Crippen molar-refractivity contribution in [1.29, 1.82) is 0 Å². The zero-order valence-electron chi connectivity index (χ0n) is 8.64. The van der Waals surface area contributed by atoms with Crippen molar-refractivity contribution in [1.82, 2.24) is 5.32 Å². The highest BCUT2D eigenvalue weighted by molar-refractivity contribution is 5.36. The molecule has 13 heavy (non-hydrogen) atoms. The molecule has 0 aromatic carbocycles. The van der Waals surface area contributed by atoms with Crippen molar-refractivity contribution in [3.63, 3.8) is 0 Å². The molecule has 0 amide bonds. The van der Waals surface area contributed by atoms with Gasteiger partial charge in [0.25, 0.3) is 0 Å². The van der Waals surface area contributed by atoms with Crippen molar-refractivity contribution in [2.75, 3.05) is 6.54 Å². The van der Waals surface area contributed by atoms with Crippen LogP contribution in [0.15, 0.2) is 36.0 Å². The first-order valence-corrected chi connectivity index (χ1v) is 4.99. The molecule has 1 fully saturated rings. The van der Waals surface area contributed by atoms with Gasteiger partial charge in [-0.15, -0.1) is 0 Å². The van der Waals surface area contributed by atoms with Gasteiger partial charge in [-0.1, -0.05) is 30.4 Å². The fourth-order valence-corrected chi connectivity index (χ4v) is 1.77. The predicted octanol–water partition coefficient (Wildman–Crippen LogP) is 2.82. The van der Waals surface area contributed by atoms with Gasteiger partial charge >= 0.3 is 0 Å². The lowest BCUT2D eigenvalue weighted by Gasteiger charge is -2.15. The molecule has 1 nitrogen and oxygen atoms in total. The molecule has 72 valence electrons. The van der Waals surface area contributed by atoms with Gasteiger partial charge in [0.2, 0.25) is 0 Å². The molecule has 1 unspecified atom stereocenters. The summed E-state index contributed by atoms with van der Waals surface area (Å²) in [6.07, 6.45) is 8.71. The first kappa shape index (κ1) is 10.3. The summed E-state index contributed by atoms with van der Waals surface area (Å²) < 4.78 is 0.